The number of hydrogen-bond acceptors (Lipinski definition) is 4. The zero-order chi connectivity index (χ0) is 11.5. The highest BCUT2D eigenvalue weighted by atomic mass is 35.5. The molecule has 1 aliphatic rings. The van der Waals surface area contributed by atoms with Crippen LogP contribution in [0.5, 0.6) is 0 Å². The minimum atomic E-state index is 0.248. The predicted octanol–water partition coefficient (Wildman–Crippen LogP) is 2.62. The molecule has 0 unspecified atom stereocenters. The molecule has 0 radical (unpaired) electrons. The van der Waals surface area contributed by atoms with Gasteiger partial charge in [0.1, 0.15) is 0 Å². The summed E-state index contributed by atoms with van der Waals surface area (Å²) in [5.74, 6) is 1.55. The molecule has 0 bridgehead atoms. The first-order chi connectivity index (χ1) is 7.66. The normalized spacial score (nSPS) is 15.9. The van der Waals surface area contributed by atoms with E-state index in [0.717, 1.165) is 18.2 Å². The molecule has 0 aromatic carbocycles. The second-order valence-electron chi connectivity index (χ2n) is 4.35. The topological polar surface area (TPSA) is 63.8 Å². The number of hydrogen-bond donors (Lipinski definition) is 2. The van der Waals surface area contributed by atoms with Crippen molar-refractivity contribution < 1.29 is 0 Å². The van der Waals surface area contributed by atoms with E-state index in [-0.39, 0.29) is 5.28 Å². The lowest BCUT2D eigenvalue weighted by molar-refractivity contribution is 0.303. The van der Waals surface area contributed by atoms with E-state index < -0.39 is 0 Å². The van der Waals surface area contributed by atoms with Gasteiger partial charge in [0.05, 0.1) is 11.4 Å². The zero-order valence-electron chi connectivity index (χ0n) is 9.46. The molecular formula is C11H17ClN4. The van der Waals surface area contributed by atoms with Crippen LogP contribution in [0.3, 0.4) is 0 Å². The Balaban J connectivity index is 1.92. The van der Waals surface area contributed by atoms with Crippen molar-refractivity contribution in [3.8, 4) is 0 Å². The number of nitrogens with two attached hydrogens (primary N) is 1. The van der Waals surface area contributed by atoms with Crippen molar-refractivity contribution >= 4 is 23.1 Å². The van der Waals surface area contributed by atoms with E-state index >= 15 is 0 Å². The zero-order valence-corrected chi connectivity index (χ0v) is 10.2. The van der Waals surface area contributed by atoms with Crippen LogP contribution in [-0.2, 0) is 0 Å². The Hall–Kier alpha value is -1.03. The molecule has 5 heteroatoms. The summed E-state index contributed by atoms with van der Waals surface area (Å²) in [6.45, 7) is 2.74. The van der Waals surface area contributed by atoms with Crippen molar-refractivity contribution in [2.75, 3.05) is 17.6 Å². The second-order valence-corrected chi connectivity index (χ2v) is 4.69. The Morgan fingerprint density at radius 1 is 1.44 bits per heavy atom. The number of nitrogens with one attached hydrogen (secondary N) is 1. The number of aromatic nitrogens is 2. The quantitative estimate of drug-likeness (QED) is 0.795. The molecule has 88 valence electrons. The number of aryl methyl sites for hydroxylation is 1. The first kappa shape index (κ1) is 11.5. The fourth-order valence-electron chi connectivity index (χ4n) is 1.86. The Morgan fingerprint density at radius 3 is 2.81 bits per heavy atom. The summed E-state index contributed by atoms with van der Waals surface area (Å²) in [7, 11) is 0. The lowest BCUT2D eigenvalue weighted by Crippen LogP contribution is -2.16. The standard InChI is InChI=1S/C11H17ClN4/c1-7-9(13)10(16-11(12)15-7)14-6-5-8-3-2-4-8/h8H,2-6,13H2,1H3,(H,14,15,16). The van der Waals surface area contributed by atoms with Crippen LogP contribution in [0.4, 0.5) is 11.5 Å². The smallest absolute Gasteiger partial charge is 0.224 e. The predicted molar refractivity (Wildman–Crippen MR) is 66.6 cm³/mol. The number of halogens is 1. The number of nitrogen functional groups attached to an aromatic ring is 1. The summed E-state index contributed by atoms with van der Waals surface area (Å²) in [5, 5.41) is 3.48. The molecule has 1 aromatic heterocycles. The molecule has 1 fully saturated rings. The van der Waals surface area contributed by atoms with Crippen molar-refractivity contribution in [2.45, 2.75) is 32.6 Å². The Morgan fingerprint density at radius 2 is 2.19 bits per heavy atom. The van der Waals surface area contributed by atoms with Gasteiger partial charge in [-0.1, -0.05) is 19.3 Å². The van der Waals surface area contributed by atoms with Gasteiger partial charge in [0.25, 0.3) is 0 Å². The van der Waals surface area contributed by atoms with E-state index in [1.54, 1.807) is 0 Å². The molecule has 16 heavy (non-hydrogen) atoms. The number of nitrogens with zero attached hydrogens (tertiary/aromatic N) is 2. The Labute approximate surface area is 101 Å². The minimum Gasteiger partial charge on any atom is -0.394 e. The van der Waals surface area contributed by atoms with Gasteiger partial charge >= 0.3 is 0 Å². The van der Waals surface area contributed by atoms with Crippen molar-refractivity contribution in [3.63, 3.8) is 0 Å². The molecule has 3 N–H and O–H groups in total. The second kappa shape index (κ2) is 4.87. The summed E-state index contributed by atoms with van der Waals surface area (Å²) in [5.41, 5.74) is 7.19. The average Bonchev–Trinajstić information content (AvgIpc) is 2.16. The van der Waals surface area contributed by atoms with Crippen LogP contribution in [0, 0.1) is 12.8 Å². The molecule has 2 rings (SSSR count). The summed E-state index contributed by atoms with van der Waals surface area (Å²) in [4.78, 5) is 8.09. The highest BCUT2D eigenvalue weighted by Gasteiger charge is 2.16. The van der Waals surface area contributed by atoms with Gasteiger partial charge in [0, 0.05) is 6.54 Å². The largest absolute Gasteiger partial charge is 0.394 e. The first-order valence-corrected chi connectivity index (χ1v) is 6.08. The fourth-order valence-corrected chi connectivity index (χ4v) is 2.07. The van der Waals surface area contributed by atoms with Crippen LogP contribution >= 0.6 is 11.6 Å². The van der Waals surface area contributed by atoms with Crippen molar-refractivity contribution in [1.82, 2.24) is 9.97 Å². The third-order valence-electron chi connectivity index (χ3n) is 3.18. The highest BCUT2D eigenvalue weighted by molar-refractivity contribution is 6.28. The summed E-state index contributed by atoms with van der Waals surface area (Å²) in [6, 6.07) is 0. The number of rotatable bonds is 4. The van der Waals surface area contributed by atoms with Gasteiger partial charge in [-0.3, -0.25) is 0 Å². The van der Waals surface area contributed by atoms with E-state index in [1.807, 2.05) is 6.92 Å². The van der Waals surface area contributed by atoms with Gasteiger partial charge in [-0.2, -0.15) is 4.98 Å². The SMILES string of the molecule is Cc1nc(Cl)nc(NCCC2CCC2)c1N. The van der Waals surface area contributed by atoms with E-state index in [0.29, 0.717) is 11.5 Å². The first-order valence-electron chi connectivity index (χ1n) is 5.70. The van der Waals surface area contributed by atoms with E-state index in [9.17, 15) is 0 Å². The molecule has 1 aromatic rings. The van der Waals surface area contributed by atoms with Crippen LogP contribution in [0.2, 0.25) is 5.28 Å². The summed E-state index contributed by atoms with van der Waals surface area (Å²) < 4.78 is 0. The van der Waals surface area contributed by atoms with Gasteiger partial charge in [0.2, 0.25) is 5.28 Å². The van der Waals surface area contributed by atoms with Crippen LogP contribution in [0.15, 0.2) is 0 Å². The van der Waals surface area contributed by atoms with Crippen molar-refractivity contribution in [2.24, 2.45) is 5.92 Å². The van der Waals surface area contributed by atoms with Crippen molar-refractivity contribution in [3.05, 3.63) is 11.0 Å². The van der Waals surface area contributed by atoms with E-state index in [2.05, 4.69) is 15.3 Å². The van der Waals surface area contributed by atoms with Crippen LogP contribution in [0.1, 0.15) is 31.4 Å². The van der Waals surface area contributed by atoms with Gasteiger partial charge in [-0.25, -0.2) is 4.98 Å². The molecule has 0 saturated heterocycles. The maximum absolute atomic E-state index is 5.87. The summed E-state index contributed by atoms with van der Waals surface area (Å²) in [6.07, 6.45) is 5.28. The van der Waals surface area contributed by atoms with Crippen molar-refractivity contribution in [1.29, 1.82) is 0 Å². The Bertz CT molecular complexity index is 376. The van der Waals surface area contributed by atoms with Gasteiger partial charge in [0.15, 0.2) is 5.82 Å². The van der Waals surface area contributed by atoms with E-state index in [1.165, 1.54) is 25.7 Å². The Kier molecular flexibility index (Phi) is 3.49. The van der Waals surface area contributed by atoms with Crippen LogP contribution in [0.25, 0.3) is 0 Å². The molecule has 1 heterocycles. The fraction of sp³-hybridized carbons (Fsp3) is 0.636. The highest BCUT2D eigenvalue weighted by Crippen LogP contribution is 2.29. The van der Waals surface area contributed by atoms with Crippen LogP contribution < -0.4 is 11.1 Å². The van der Waals surface area contributed by atoms with Crippen LogP contribution in [-0.4, -0.2) is 16.5 Å². The molecule has 0 amide bonds. The lowest BCUT2D eigenvalue weighted by Gasteiger charge is -2.25. The molecular weight excluding hydrogens is 224 g/mol. The monoisotopic (exact) mass is 240 g/mol. The third-order valence-corrected chi connectivity index (χ3v) is 3.35. The maximum atomic E-state index is 5.87. The molecule has 4 nitrogen and oxygen atoms in total. The third kappa shape index (κ3) is 2.55. The lowest BCUT2D eigenvalue weighted by atomic mass is 9.83. The van der Waals surface area contributed by atoms with E-state index in [4.69, 9.17) is 17.3 Å². The molecule has 0 aliphatic heterocycles. The number of anilines is 2. The van der Waals surface area contributed by atoms with Gasteiger partial charge in [-0.05, 0) is 30.9 Å². The minimum absolute atomic E-state index is 0.248. The van der Waals surface area contributed by atoms with Gasteiger partial charge in [-0.15, -0.1) is 0 Å². The maximum Gasteiger partial charge on any atom is 0.224 e. The van der Waals surface area contributed by atoms with Gasteiger partial charge < -0.3 is 11.1 Å². The average molecular weight is 241 g/mol. The summed E-state index contributed by atoms with van der Waals surface area (Å²) >= 11 is 5.78. The molecule has 0 spiro atoms. The molecule has 1 aliphatic carbocycles. The molecule has 0 atom stereocenters. The molecule has 1 saturated carbocycles.